The molecule has 0 atom stereocenters. The second-order valence-corrected chi connectivity index (χ2v) is 3.18. The lowest BCUT2D eigenvalue weighted by atomic mass is 10.5. The molecule has 4 heteroatoms. The largest absolute Gasteiger partial charge is 0.249 e. The third kappa shape index (κ3) is 2.01. The number of nitriles is 1. The molecule has 0 aromatic carbocycles. The molecule has 0 saturated carbocycles. The molecule has 1 heterocycles. The first-order chi connectivity index (χ1) is 4.83. The van der Waals surface area contributed by atoms with Crippen LogP contribution in [0.15, 0.2) is 27.8 Å². The summed E-state index contributed by atoms with van der Waals surface area (Å²) in [5.74, 6) is 0. The Morgan fingerprint density at radius 2 is 2.50 bits per heavy atom. The molecule has 0 N–H and O–H groups in total. The van der Waals surface area contributed by atoms with Gasteiger partial charge in [0.2, 0.25) is 0 Å². The number of pyridine rings is 1. The molecule has 1 aromatic rings. The lowest BCUT2D eigenvalue weighted by Crippen LogP contribution is -1.73. The lowest BCUT2D eigenvalue weighted by molar-refractivity contribution is 1.22. The summed E-state index contributed by atoms with van der Waals surface area (Å²) in [6.45, 7) is 0. The van der Waals surface area contributed by atoms with Crippen molar-refractivity contribution in [2.75, 3.05) is 0 Å². The van der Waals surface area contributed by atoms with Crippen LogP contribution in [0.3, 0.4) is 0 Å². The number of hydrogen-bond donors (Lipinski definition) is 0. The second kappa shape index (κ2) is 3.59. The maximum atomic E-state index is 8.29. The Kier molecular flexibility index (Phi) is 2.72. The number of aromatic nitrogens is 1. The van der Waals surface area contributed by atoms with E-state index in [9.17, 15) is 0 Å². The summed E-state index contributed by atoms with van der Waals surface area (Å²) in [6, 6.07) is 3.59. The molecule has 0 unspecified atom stereocenters. The van der Waals surface area contributed by atoms with Crippen molar-refractivity contribution in [2.24, 2.45) is 0 Å². The predicted molar refractivity (Wildman–Crippen MR) is 43.4 cm³/mol. The van der Waals surface area contributed by atoms with E-state index in [1.54, 1.807) is 18.3 Å². The van der Waals surface area contributed by atoms with Gasteiger partial charge in [0, 0.05) is 11.1 Å². The van der Waals surface area contributed by atoms with Crippen molar-refractivity contribution < 1.29 is 0 Å². The Morgan fingerprint density at radius 1 is 1.70 bits per heavy atom. The highest BCUT2D eigenvalue weighted by Crippen LogP contribution is 2.18. The van der Waals surface area contributed by atoms with E-state index in [0.717, 1.165) is 21.3 Å². The van der Waals surface area contributed by atoms with Gasteiger partial charge >= 0.3 is 0 Å². The van der Waals surface area contributed by atoms with Crippen molar-refractivity contribution in [1.29, 1.82) is 5.26 Å². The van der Waals surface area contributed by atoms with Gasteiger partial charge in [0.1, 0.15) is 10.0 Å². The van der Waals surface area contributed by atoms with E-state index < -0.39 is 0 Å². The Labute approximate surface area is 71.4 Å². The minimum atomic E-state index is 0.757. The Bertz CT molecular complexity index is 269. The normalized spacial score (nSPS) is 8.80. The fraction of sp³-hybridized carbons (Fsp3) is 0. The van der Waals surface area contributed by atoms with Gasteiger partial charge in [0.15, 0.2) is 0 Å². The average Bonchev–Trinajstić information content (AvgIpc) is 1.88. The van der Waals surface area contributed by atoms with E-state index >= 15 is 0 Å². The number of rotatable bonds is 1. The molecule has 1 rings (SSSR count). The monoisotopic (exact) mass is 214 g/mol. The molecule has 0 radical (unpaired) electrons. The van der Waals surface area contributed by atoms with E-state index in [1.165, 1.54) is 0 Å². The van der Waals surface area contributed by atoms with Crippen molar-refractivity contribution in [3.05, 3.63) is 22.9 Å². The molecule has 0 bridgehead atoms. The standard InChI is InChI=1S/C6H3BrN2S/c7-6-3-5(10-4-8)1-2-9-6/h1-3H. The minimum Gasteiger partial charge on any atom is -0.249 e. The molecule has 0 aliphatic heterocycles. The maximum absolute atomic E-state index is 8.29. The van der Waals surface area contributed by atoms with Crippen LogP contribution in [-0.2, 0) is 0 Å². The smallest absolute Gasteiger partial charge is 0.138 e. The van der Waals surface area contributed by atoms with Gasteiger partial charge in [-0.15, -0.1) is 0 Å². The van der Waals surface area contributed by atoms with Gasteiger partial charge < -0.3 is 0 Å². The van der Waals surface area contributed by atoms with Gasteiger partial charge in [0.25, 0.3) is 0 Å². The van der Waals surface area contributed by atoms with Crippen LogP contribution in [0.5, 0.6) is 0 Å². The van der Waals surface area contributed by atoms with Gasteiger partial charge in [-0.1, -0.05) is 0 Å². The summed E-state index contributed by atoms with van der Waals surface area (Å²) >= 11 is 4.32. The van der Waals surface area contributed by atoms with Gasteiger partial charge in [0.05, 0.1) is 0 Å². The van der Waals surface area contributed by atoms with Crippen LogP contribution in [-0.4, -0.2) is 4.98 Å². The summed E-state index contributed by atoms with van der Waals surface area (Å²) in [7, 11) is 0. The summed E-state index contributed by atoms with van der Waals surface area (Å²) < 4.78 is 0.757. The molecule has 0 spiro atoms. The van der Waals surface area contributed by atoms with Gasteiger partial charge in [-0.2, -0.15) is 5.26 Å². The zero-order valence-electron chi connectivity index (χ0n) is 4.91. The van der Waals surface area contributed by atoms with Gasteiger partial charge in [-0.05, 0) is 39.8 Å². The third-order valence-corrected chi connectivity index (χ3v) is 1.88. The highest BCUT2D eigenvalue weighted by atomic mass is 79.9. The van der Waals surface area contributed by atoms with Crippen LogP contribution in [0.2, 0.25) is 0 Å². The lowest BCUT2D eigenvalue weighted by Gasteiger charge is -1.91. The topological polar surface area (TPSA) is 36.7 Å². The van der Waals surface area contributed by atoms with Crippen molar-refractivity contribution in [3.63, 3.8) is 0 Å². The quantitative estimate of drug-likeness (QED) is 0.410. The third-order valence-electron chi connectivity index (χ3n) is 0.862. The Balaban J connectivity index is 2.87. The maximum Gasteiger partial charge on any atom is 0.138 e. The Morgan fingerprint density at radius 3 is 3.10 bits per heavy atom. The molecular formula is C6H3BrN2S. The number of nitrogens with zero attached hydrogens (tertiary/aromatic N) is 2. The van der Waals surface area contributed by atoms with E-state index in [0.29, 0.717) is 0 Å². The summed E-state index contributed by atoms with van der Waals surface area (Å²) in [5, 5.41) is 10.3. The van der Waals surface area contributed by atoms with E-state index in [4.69, 9.17) is 5.26 Å². The summed E-state index contributed by atoms with van der Waals surface area (Å²) in [5.41, 5.74) is 0. The Hall–Kier alpha value is -0.530. The van der Waals surface area contributed by atoms with Crippen LogP contribution in [0.25, 0.3) is 0 Å². The highest BCUT2D eigenvalue weighted by Gasteiger charge is 1.92. The molecule has 0 saturated heterocycles. The van der Waals surface area contributed by atoms with Gasteiger partial charge in [-0.3, -0.25) is 0 Å². The second-order valence-electron chi connectivity index (χ2n) is 1.51. The van der Waals surface area contributed by atoms with Crippen LogP contribution in [0, 0.1) is 10.7 Å². The molecule has 0 fully saturated rings. The number of thiocyanates is 1. The first-order valence-electron chi connectivity index (χ1n) is 2.50. The van der Waals surface area contributed by atoms with Gasteiger partial charge in [-0.25, -0.2) is 4.98 Å². The summed E-state index contributed by atoms with van der Waals surface area (Å²) in [4.78, 5) is 4.82. The van der Waals surface area contributed by atoms with Crippen molar-refractivity contribution in [1.82, 2.24) is 4.98 Å². The zero-order chi connectivity index (χ0) is 7.40. The predicted octanol–water partition coefficient (Wildman–Crippen LogP) is 2.42. The summed E-state index contributed by atoms with van der Waals surface area (Å²) in [6.07, 6.45) is 1.66. The van der Waals surface area contributed by atoms with Crippen molar-refractivity contribution in [2.45, 2.75) is 4.90 Å². The minimum absolute atomic E-state index is 0.757. The van der Waals surface area contributed by atoms with Crippen LogP contribution in [0.4, 0.5) is 0 Å². The first kappa shape index (κ1) is 7.58. The molecule has 0 amide bonds. The number of hydrogen-bond acceptors (Lipinski definition) is 3. The first-order valence-corrected chi connectivity index (χ1v) is 4.11. The zero-order valence-corrected chi connectivity index (χ0v) is 7.32. The van der Waals surface area contributed by atoms with Crippen molar-refractivity contribution in [3.8, 4) is 5.40 Å². The van der Waals surface area contributed by atoms with E-state index in [2.05, 4.69) is 20.9 Å². The highest BCUT2D eigenvalue weighted by molar-refractivity contribution is 9.10. The molecule has 50 valence electrons. The fourth-order valence-corrected chi connectivity index (χ4v) is 1.42. The molecule has 1 aromatic heterocycles. The molecule has 2 nitrogen and oxygen atoms in total. The average molecular weight is 215 g/mol. The van der Waals surface area contributed by atoms with E-state index in [1.807, 2.05) is 5.40 Å². The molecule has 0 aliphatic carbocycles. The molecule has 10 heavy (non-hydrogen) atoms. The number of thioether (sulfide) groups is 1. The van der Waals surface area contributed by atoms with Crippen LogP contribution >= 0.6 is 27.7 Å². The van der Waals surface area contributed by atoms with Crippen LogP contribution in [0.1, 0.15) is 0 Å². The van der Waals surface area contributed by atoms with E-state index in [-0.39, 0.29) is 0 Å². The SMILES string of the molecule is N#CSc1ccnc(Br)c1. The fourth-order valence-electron chi connectivity index (χ4n) is 0.501. The molecular weight excluding hydrogens is 212 g/mol. The number of halogens is 1. The molecule has 0 aliphatic rings. The van der Waals surface area contributed by atoms with Crippen LogP contribution < -0.4 is 0 Å². The van der Waals surface area contributed by atoms with Crippen molar-refractivity contribution >= 4 is 27.7 Å².